The van der Waals surface area contributed by atoms with Crippen molar-refractivity contribution in [3.8, 4) is 0 Å². The number of nitrogens with zero attached hydrogens (tertiary/aromatic N) is 1. The lowest BCUT2D eigenvalue weighted by Gasteiger charge is -1.85. The van der Waals surface area contributed by atoms with Crippen molar-refractivity contribution in [2.24, 2.45) is 0 Å². The highest BCUT2D eigenvalue weighted by Gasteiger charge is 1.82. The van der Waals surface area contributed by atoms with E-state index in [4.69, 9.17) is 0 Å². The zero-order chi connectivity index (χ0) is 7.23. The predicted octanol–water partition coefficient (Wildman–Crippen LogP) is 0.642. The second-order valence-corrected chi connectivity index (χ2v) is 1.97. The quantitative estimate of drug-likeness (QED) is 0.642. The van der Waals surface area contributed by atoms with E-state index < -0.39 is 0 Å². The minimum Gasteiger partial charge on any atom is -0.316 e. The zero-order valence-electron chi connectivity index (χ0n) is 5.96. The minimum atomic E-state index is 0.888. The molecule has 2 N–H and O–H groups in total. The highest BCUT2D eigenvalue weighted by atomic mass is 15.1. The Kier molecular flexibility index (Phi) is 2.70. The van der Waals surface area contributed by atoms with Crippen LogP contribution >= 0.6 is 0 Å². The van der Waals surface area contributed by atoms with Crippen LogP contribution in [0.3, 0.4) is 0 Å². The molecule has 3 heteroatoms. The molecule has 0 saturated heterocycles. The van der Waals surface area contributed by atoms with E-state index in [9.17, 15) is 0 Å². The van der Waals surface area contributed by atoms with Crippen LogP contribution in [0.1, 0.15) is 5.69 Å². The number of hydrogen-bond donors (Lipinski definition) is 2. The van der Waals surface area contributed by atoms with Crippen molar-refractivity contribution in [2.45, 2.75) is 0 Å². The molecular weight excluding hydrogens is 126 g/mol. The molecule has 1 aromatic rings. The minimum absolute atomic E-state index is 0.888. The first kappa shape index (κ1) is 7.02. The largest absolute Gasteiger partial charge is 0.316 e. The number of aromatic amines is 1. The number of rotatable bonds is 3. The average molecular weight is 137 g/mol. The Morgan fingerprint density at radius 1 is 1.80 bits per heavy atom. The van der Waals surface area contributed by atoms with E-state index in [0.29, 0.717) is 0 Å². The molecule has 0 atom stereocenters. The molecule has 1 rings (SSSR count). The van der Waals surface area contributed by atoms with Gasteiger partial charge in [-0.2, -0.15) is 5.10 Å². The molecular formula is C7H11N3. The number of hydrogen-bond acceptors (Lipinski definition) is 2. The lowest BCUT2D eigenvalue weighted by molar-refractivity contribution is 0.922. The Morgan fingerprint density at radius 2 is 2.70 bits per heavy atom. The molecule has 54 valence electrons. The fourth-order valence-corrected chi connectivity index (χ4v) is 0.663. The molecule has 0 aromatic carbocycles. The smallest absolute Gasteiger partial charge is 0.0575 e. The summed E-state index contributed by atoms with van der Waals surface area (Å²) in [5.74, 6) is 0. The van der Waals surface area contributed by atoms with Crippen molar-refractivity contribution in [1.29, 1.82) is 0 Å². The highest BCUT2D eigenvalue weighted by molar-refractivity contribution is 5.43. The van der Waals surface area contributed by atoms with Gasteiger partial charge in [0, 0.05) is 12.7 Å². The lowest BCUT2D eigenvalue weighted by Crippen LogP contribution is -2.03. The van der Waals surface area contributed by atoms with Gasteiger partial charge >= 0.3 is 0 Å². The van der Waals surface area contributed by atoms with Crippen LogP contribution < -0.4 is 5.32 Å². The van der Waals surface area contributed by atoms with Crippen molar-refractivity contribution in [1.82, 2.24) is 15.5 Å². The molecule has 0 radical (unpaired) electrons. The summed E-state index contributed by atoms with van der Waals surface area (Å²) in [4.78, 5) is 0. The number of nitrogens with one attached hydrogen (secondary N) is 2. The van der Waals surface area contributed by atoms with Crippen LogP contribution in [-0.2, 0) is 0 Å². The van der Waals surface area contributed by atoms with Crippen molar-refractivity contribution in [3.05, 3.63) is 24.0 Å². The standard InChI is InChI=1S/C7H11N3/c1-8-5-2-3-7-4-6-9-10-7/h2-4,6,8H,5H2,1H3,(H,9,10). The van der Waals surface area contributed by atoms with Gasteiger partial charge in [-0.25, -0.2) is 0 Å². The molecule has 0 spiro atoms. The van der Waals surface area contributed by atoms with Gasteiger partial charge in [0.15, 0.2) is 0 Å². The van der Waals surface area contributed by atoms with Gasteiger partial charge in [0.05, 0.1) is 5.69 Å². The third-order valence-corrected chi connectivity index (χ3v) is 1.14. The maximum atomic E-state index is 3.80. The molecule has 0 aliphatic carbocycles. The fourth-order valence-electron chi connectivity index (χ4n) is 0.663. The average Bonchev–Trinajstić information content (AvgIpc) is 2.41. The summed E-state index contributed by atoms with van der Waals surface area (Å²) in [5.41, 5.74) is 1.04. The van der Waals surface area contributed by atoms with Crippen LogP contribution in [0.2, 0.25) is 0 Å². The van der Waals surface area contributed by atoms with E-state index in [1.807, 2.05) is 25.3 Å². The summed E-state index contributed by atoms with van der Waals surface area (Å²) >= 11 is 0. The first-order chi connectivity index (χ1) is 4.93. The Hall–Kier alpha value is -1.09. The summed E-state index contributed by atoms with van der Waals surface area (Å²) in [6, 6.07) is 1.92. The van der Waals surface area contributed by atoms with Gasteiger partial charge in [0.25, 0.3) is 0 Å². The predicted molar refractivity (Wildman–Crippen MR) is 41.5 cm³/mol. The van der Waals surface area contributed by atoms with E-state index in [2.05, 4.69) is 15.5 Å². The monoisotopic (exact) mass is 137 g/mol. The molecule has 0 aliphatic rings. The van der Waals surface area contributed by atoms with Gasteiger partial charge in [0.2, 0.25) is 0 Å². The molecule has 0 unspecified atom stereocenters. The molecule has 0 saturated carbocycles. The second kappa shape index (κ2) is 3.85. The maximum Gasteiger partial charge on any atom is 0.0575 e. The first-order valence-electron chi connectivity index (χ1n) is 3.24. The molecule has 3 nitrogen and oxygen atoms in total. The molecule has 1 aromatic heterocycles. The highest BCUT2D eigenvalue weighted by Crippen LogP contribution is 1.92. The zero-order valence-corrected chi connectivity index (χ0v) is 5.96. The normalized spacial score (nSPS) is 10.9. The van der Waals surface area contributed by atoms with Crippen LogP contribution in [0.5, 0.6) is 0 Å². The van der Waals surface area contributed by atoms with Crippen molar-refractivity contribution >= 4 is 6.08 Å². The fraction of sp³-hybridized carbons (Fsp3) is 0.286. The van der Waals surface area contributed by atoms with Gasteiger partial charge in [-0.3, -0.25) is 5.10 Å². The number of H-pyrrole nitrogens is 1. The molecule has 0 bridgehead atoms. The van der Waals surface area contributed by atoms with E-state index in [1.54, 1.807) is 6.20 Å². The van der Waals surface area contributed by atoms with Crippen LogP contribution in [0.4, 0.5) is 0 Å². The van der Waals surface area contributed by atoms with Crippen LogP contribution in [0.15, 0.2) is 18.3 Å². The van der Waals surface area contributed by atoms with Crippen LogP contribution in [0, 0.1) is 0 Å². The van der Waals surface area contributed by atoms with Gasteiger partial charge in [-0.05, 0) is 19.2 Å². The Balaban J connectivity index is 2.40. The number of aromatic nitrogens is 2. The van der Waals surface area contributed by atoms with E-state index in [-0.39, 0.29) is 0 Å². The Bertz CT molecular complexity index is 189. The summed E-state index contributed by atoms with van der Waals surface area (Å²) in [5, 5.41) is 9.64. The molecule has 0 aliphatic heterocycles. The third kappa shape index (κ3) is 2.03. The summed E-state index contributed by atoms with van der Waals surface area (Å²) in [6.45, 7) is 0.888. The maximum absolute atomic E-state index is 3.80. The van der Waals surface area contributed by atoms with E-state index in [0.717, 1.165) is 12.2 Å². The van der Waals surface area contributed by atoms with Gasteiger partial charge in [-0.1, -0.05) is 6.08 Å². The summed E-state index contributed by atoms with van der Waals surface area (Å²) in [6.07, 6.45) is 5.76. The second-order valence-electron chi connectivity index (χ2n) is 1.97. The summed E-state index contributed by atoms with van der Waals surface area (Å²) in [7, 11) is 1.91. The van der Waals surface area contributed by atoms with Crippen molar-refractivity contribution < 1.29 is 0 Å². The third-order valence-electron chi connectivity index (χ3n) is 1.14. The lowest BCUT2D eigenvalue weighted by atomic mass is 10.4. The summed E-state index contributed by atoms with van der Waals surface area (Å²) < 4.78 is 0. The first-order valence-corrected chi connectivity index (χ1v) is 3.24. The van der Waals surface area contributed by atoms with Gasteiger partial charge < -0.3 is 5.32 Å². The van der Waals surface area contributed by atoms with Crippen molar-refractivity contribution in [2.75, 3.05) is 13.6 Å². The SMILES string of the molecule is CNCC=Cc1ccn[nH]1. The van der Waals surface area contributed by atoms with E-state index in [1.165, 1.54) is 0 Å². The molecule has 0 amide bonds. The van der Waals surface area contributed by atoms with Gasteiger partial charge in [0.1, 0.15) is 0 Å². The van der Waals surface area contributed by atoms with E-state index >= 15 is 0 Å². The Labute approximate surface area is 60.1 Å². The van der Waals surface area contributed by atoms with Crippen LogP contribution in [0.25, 0.3) is 6.08 Å². The topological polar surface area (TPSA) is 40.7 Å². The molecule has 0 fully saturated rings. The number of likely N-dealkylation sites (N-methyl/N-ethyl adjacent to an activating group) is 1. The molecule has 10 heavy (non-hydrogen) atoms. The van der Waals surface area contributed by atoms with Crippen LogP contribution in [-0.4, -0.2) is 23.8 Å². The van der Waals surface area contributed by atoms with Gasteiger partial charge in [-0.15, -0.1) is 0 Å². The molecule has 1 heterocycles. The Morgan fingerprint density at radius 3 is 3.30 bits per heavy atom. The van der Waals surface area contributed by atoms with Crippen molar-refractivity contribution in [3.63, 3.8) is 0 Å².